The van der Waals surface area contributed by atoms with Crippen molar-refractivity contribution in [3.63, 3.8) is 0 Å². The molecular weight excluding hydrogens is 196 g/mol. The number of hydrogen-bond acceptors (Lipinski definition) is 0. The molecule has 0 aromatic heterocycles. The van der Waals surface area contributed by atoms with E-state index >= 15 is 0 Å². The van der Waals surface area contributed by atoms with Crippen LogP contribution in [0.2, 0.25) is 0 Å². The third-order valence-corrected chi connectivity index (χ3v) is 3.29. The zero-order chi connectivity index (χ0) is 11.9. The Morgan fingerprint density at radius 3 is 2.31 bits per heavy atom. The van der Waals surface area contributed by atoms with Gasteiger partial charge in [-0.1, -0.05) is 50.6 Å². The normalized spacial score (nSPS) is 14.7. The Balaban J connectivity index is 2.34. The average Bonchev–Trinajstić information content (AvgIpc) is 2.31. The molecule has 0 saturated heterocycles. The minimum Gasteiger partial charge on any atom is -0.230 e. The third-order valence-electron chi connectivity index (χ3n) is 3.29. The van der Waals surface area contributed by atoms with Gasteiger partial charge in [-0.3, -0.25) is 0 Å². The molecule has 1 radical (unpaired) electrons. The van der Waals surface area contributed by atoms with Crippen molar-refractivity contribution < 1.29 is 5.11 Å². The van der Waals surface area contributed by atoms with Gasteiger partial charge < -0.3 is 0 Å². The molecule has 1 atom stereocenters. The van der Waals surface area contributed by atoms with Crippen LogP contribution < -0.4 is 0 Å². The monoisotopic (exact) mass is 219 g/mol. The van der Waals surface area contributed by atoms with Crippen LogP contribution in [-0.2, 0) is 11.5 Å². The van der Waals surface area contributed by atoms with Gasteiger partial charge in [0.15, 0.2) is 0 Å². The highest BCUT2D eigenvalue weighted by atomic mass is 16.3. The van der Waals surface area contributed by atoms with E-state index < -0.39 is 5.60 Å². The molecule has 0 N–H and O–H groups in total. The first kappa shape index (κ1) is 13.2. The molecule has 1 aromatic rings. The van der Waals surface area contributed by atoms with Crippen molar-refractivity contribution in [1.82, 2.24) is 0 Å². The molecule has 1 rings (SSSR count). The number of aryl methyl sites for hydroxylation is 1. The van der Waals surface area contributed by atoms with Gasteiger partial charge in [-0.05, 0) is 37.7 Å². The lowest BCUT2D eigenvalue weighted by Gasteiger charge is -2.23. The van der Waals surface area contributed by atoms with Gasteiger partial charge in [-0.2, -0.15) is 0 Å². The van der Waals surface area contributed by atoms with Crippen LogP contribution in [0.4, 0.5) is 0 Å². The summed E-state index contributed by atoms with van der Waals surface area (Å²) < 4.78 is 0. The fraction of sp³-hybridized carbons (Fsp3) is 0.600. The van der Waals surface area contributed by atoms with E-state index in [4.69, 9.17) is 0 Å². The van der Waals surface area contributed by atoms with Crippen molar-refractivity contribution in [3.8, 4) is 0 Å². The molecule has 1 unspecified atom stereocenters. The van der Waals surface area contributed by atoms with Crippen molar-refractivity contribution in [1.29, 1.82) is 0 Å². The molecule has 0 amide bonds. The summed E-state index contributed by atoms with van der Waals surface area (Å²) in [4.78, 5) is 0. The van der Waals surface area contributed by atoms with Crippen LogP contribution in [-0.4, -0.2) is 5.60 Å². The van der Waals surface area contributed by atoms with Crippen LogP contribution in [0.15, 0.2) is 30.3 Å². The highest BCUT2D eigenvalue weighted by molar-refractivity contribution is 5.14. The maximum Gasteiger partial charge on any atom is 0.103 e. The third kappa shape index (κ3) is 4.36. The predicted octanol–water partition coefficient (Wildman–Crippen LogP) is 4.39. The van der Waals surface area contributed by atoms with Gasteiger partial charge in [0.1, 0.15) is 5.60 Å². The Kier molecular flexibility index (Phi) is 5.54. The van der Waals surface area contributed by atoms with Gasteiger partial charge in [0, 0.05) is 0 Å². The molecule has 0 bridgehead atoms. The highest BCUT2D eigenvalue weighted by Crippen LogP contribution is 2.24. The molecule has 0 fully saturated rings. The molecular formula is C15H23O. The van der Waals surface area contributed by atoms with E-state index in [0.717, 1.165) is 38.5 Å². The van der Waals surface area contributed by atoms with Crippen LogP contribution in [0, 0.1) is 0 Å². The van der Waals surface area contributed by atoms with Gasteiger partial charge in [0.25, 0.3) is 0 Å². The van der Waals surface area contributed by atoms with Crippen molar-refractivity contribution in [2.45, 2.75) is 58.0 Å². The van der Waals surface area contributed by atoms with Crippen LogP contribution >= 0.6 is 0 Å². The average molecular weight is 219 g/mol. The second kappa shape index (κ2) is 6.70. The molecule has 1 nitrogen and oxygen atoms in total. The molecule has 89 valence electrons. The van der Waals surface area contributed by atoms with Gasteiger partial charge >= 0.3 is 0 Å². The lowest BCUT2D eigenvalue weighted by molar-refractivity contribution is -0.0486. The second-order valence-corrected chi connectivity index (χ2v) is 4.63. The molecule has 0 heterocycles. The summed E-state index contributed by atoms with van der Waals surface area (Å²) in [5, 5.41) is 12.3. The van der Waals surface area contributed by atoms with Gasteiger partial charge in [-0.15, -0.1) is 0 Å². The molecule has 0 aliphatic heterocycles. The molecule has 1 aromatic carbocycles. The summed E-state index contributed by atoms with van der Waals surface area (Å²) in [5.74, 6) is 0. The van der Waals surface area contributed by atoms with Crippen LogP contribution in [0.1, 0.15) is 51.5 Å². The summed E-state index contributed by atoms with van der Waals surface area (Å²) >= 11 is 0. The highest BCUT2D eigenvalue weighted by Gasteiger charge is 2.24. The molecule has 1 heteroatoms. The molecule has 0 aliphatic carbocycles. The molecule has 0 aliphatic rings. The van der Waals surface area contributed by atoms with Gasteiger partial charge in [0.05, 0.1) is 0 Å². The molecule has 0 spiro atoms. The smallest absolute Gasteiger partial charge is 0.103 e. The summed E-state index contributed by atoms with van der Waals surface area (Å²) in [5.41, 5.74) is 0.668. The lowest BCUT2D eigenvalue weighted by atomic mass is 9.88. The zero-order valence-electron chi connectivity index (χ0n) is 10.5. The van der Waals surface area contributed by atoms with Gasteiger partial charge in [-0.25, -0.2) is 5.11 Å². The summed E-state index contributed by atoms with van der Waals surface area (Å²) in [6, 6.07) is 10.4. The first-order valence-electron chi connectivity index (χ1n) is 6.44. The number of rotatable bonds is 7. The standard InChI is InChI=1S/C15H23O/c1-3-12-15(16,4-2)13-8-11-14-9-6-5-7-10-14/h5-7,9-10H,3-4,8,11-13H2,1-2H3. The number of benzene rings is 1. The van der Waals surface area contributed by atoms with E-state index in [2.05, 4.69) is 31.2 Å². The fourth-order valence-corrected chi connectivity index (χ4v) is 2.19. The zero-order valence-corrected chi connectivity index (χ0v) is 10.5. The summed E-state index contributed by atoms with van der Waals surface area (Å²) in [6.07, 6.45) is 5.44. The maximum atomic E-state index is 12.3. The molecule has 16 heavy (non-hydrogen) atoms. The Hall–Kier alpha value is -0.820. The topological polar surface area (TPSA) is 19.9 Å². The Bertz CT molecular complexity index is 281. The van der Waals surface area contributed by atoms with E-state index in [1.165, 1.54) is 5.56 Å². The van der Waals surface area contributed by atoms with Crippen molar-refractivity contribution in [3.05, 3.63) is 35.9 Å². The van der Waals surface area contributed by atoms with E-state index in [-0.39, 0.29) is 0 Å². The SMILES string of the molecule is CCCC([O])(CC)CCCc1ccccc1. The van der Waals surface area contributed by atoms with Gasteiger partial charge in [0.2, 0.25) is 0 Å². The van der Waals surface area contributed by atoms with Crippen LogP contribution in [0.25, 0.3) is 0 Å². The summed E-state index contributed by atoms with van der Waals surface area (Å²) in [6.45, 7) is 4.12. The van der Waals surface area contributed by atoms with Crippen LogP contribution in [0.5, 0.6) is 0 Å². The van der Waals surface area contributed by atoms with E-state index in [1.807, 2.05) is 13.0 Å². The minimum atomic E-state index is -0.677. The van der Waals surface area contributed by atoms with E-state index in [1.54, 1.807) is 0 Å². The second-order valence-electron chi connectivity index (χ2n) is 4.63. The largest absolute Gasteiger partial charge is 0.230 e. The maximum absolute atomic E-state index is 12.3. The first-order chi connectivity index (χ1) is 7.70. The Morgan fingerprint density at radius 1 is 1.06 bits per heavy atom. The van der Waals surface area contributed by atoms with Crippen molar-refractivity contribution >= 4 is 0 Å². The fourth-order valence-electron chi connectivity index (χ4n) is 2.19. The van der Waals surface area contributed by atoms with Crippen LogP contribution in [0.3, 0.4) is 0 Å². The first-order valence-corrected chi connectivity index (χ1v) is 6.44. The Labute approximate surface area is 99.5 Å². The van der Waals surface area contributed by atoms with E-state index in [9.17, 15) is 5.11 Å². The van der Waals surface area contributed by atoms with Crippen molar-refractivity contribution in [2.24, 2.45) is 0 Å². The quantitative estimate of drug-likeness (QED) is 0.648. The molecule has 0 saturated carbocycles. The number of hydrogen-bond donors (Lipinski definition) is 0. The minimum absolute atomic E-state index is 0.677. The predicted molar refractivity (Wildman–Crippen MR) is 68.0 cm³/mol. The van der Waals surface area contributed by atoms with Crippen molar-refractivity contribution in [2.75, 3.05) is 0 Å². The lowest BCUT2D eigenvalue weighted by Crippen LogP contribution is -2.25. The van der Waals surface area contributed by atoms with E-state index in [0.29, 0.717) is 0 Å². The Morgan fingerprint density at radius 2 is 1.75 bits per heavy atom. The summed E-state index contributed by atoms with van der Waals surface area (Å²) in [7, 11) is 0.